The van der Waals surface area contributed by atoms with Gasteiger partial charge in [-0.2, -0.15) is 0 Å². The number of nitrogens with zero attached hydrogens (tertiary/aromatic N) is 2. The molecule has 0 atom stereocenters. The largest absolute Gasteiger partial charge is 0.497 e. The molecule has 0 aliphatic carbocycles. The van der Waals surface area contributed by atoms with Gasteiger partial charge in [-0.1, -0.05) is 22.9 Å². The number of aromatic nitrogens is 2. The Labute approximate surface area is 191 Å². The number of halogens is 1. The molecule has 4 aromatic rings. The molecule has 0 unspecified atom stereocenters. The fourth-order valence-electron chi connectivity index (χ4n) is 3.03. The third kappa shape index (κ3) is 4.34. The molecule has 2 aromatic carbocycles. The summed E-state index contributed by atoms with van der Waals surface area (Å²) in [5.41, 5.74) is 0.921. The Morgan fingerprint density at radius 2 is 1.59 bits per heavy atom. The van der Waals surface area contributed by atoms with Crippen molar-refractivity contribution in [3.63, 3.8) is 0 Å². The van der Waals surface area contributed by atoms with Crippen molar-refractivity contribution in [3.05, 3.63) is 86.2 Å². The number of hydrogen-bond acceptors (Lipinski definition) is 6. The van der Waals surface area contributed by atoms with E-state index >= 15 is 0 Å². The lowest BCUT2D eigenvalue weighted by atomic mass is 10.2. The van der Waals surface area contributed by atoms with Crippen LogP contribution in [0.25, 0.3) is 4.96 Å². The minimum Gasteiger partial charge on any atom is -0.497 e. The molecule has 2 amide bonds. The van der Waals surface area contributed by atoms with Gasteiger partial charge in [-0.3, -0.25) is 14.4 Å². The van der Waals surface area contributed by atoms with E-state index < -0.39 is 17.4 Å². The Hall–Kier alpha value is -3.69. The predicted octanol–water partition coefficient (Wildman–Crippen LogP) is 4.23. The number of amides is 2. The van der Waals surface area contributed by atoms with Gasteiger partial charge in [0.05, 0.1) is 7.11 Å². The van der Waals surface area contributed by atoms with Crippen LogP contribution in [0.3, 0.4) is 0 Å². The number of thiazole rings is 1. The van der Waals surface area contributed by atoms with Crippen LogP contribution < -0.4 is 20.9 Å². The molecule has 32 heavy (non-hydrogen) atoms. The molecule has 0 aliphatic rings. The van der Waals surface area contributed by atoms with Gasteiger partial charge in [-0.05, 0) is 55.5 Å². The van der Waals surface area contributed by atoms with E-state index in [0.29, 0.717) is 27.8 Å². The van der Waals surface area contributed by atoms with Crippen LogP contribution in [-0.2, 0) is 0 Å². The second-order valence-electron chi connectivity index (χ2n) is 6.78. The molecule has 10 heteroatoms. The first kappa shape index (κ1) is 21.5. The van der Waals surface area contributed by atoms with Crippen LogP contribution in [-0.4, -0.2) is 28.3 Å². The van der Waals surface area contributed by atoms with Crippen molar-refractivity contribution < 1.29 is 14.3 Å². The van der Waals surface area contributed by atoms with Crippen molar-refractivity contribution in [2.45, 2.75) is 6.92 Å². The van der Waals surface area contributed by atoms with Gasteiger partial charge < -0.3 is 15.4 Å². The van der Waals surface area contributed by atoms with Crippen LogP contribution in [0.1, 0.15) is 25.9 Å². The summed E-state index contributed by atoms with van der Waals surface area (Å²) in [5, 5.41) is 5.98. The first-order chi connectivity index (χ1) is 15.4. The van der Waals surface area contributed by atoms with Crippen LogP contribution in [0.4, 0.5) is 11.4 Å². The molecule has 2 N–H and O–H groups in total. The number of nitrogens with one attached hydrogen (secondary N) is 2. The molecule has 0 saturated carbocycles. The molecule has 0 spiro atoms. The maximum Gasteiger partial charge on any atom is 0.274 e. The van der Waals surface area contributed by atoms with E-state index in [4.69, 9.17) is 16.3 Å². The summed E-state index contributed by atoms with van der Waals surface area (Å²) in [5.74, 6) is -0.530. The molecular formula is C22H17ClN4O4S. The lowest BCUT2D eigenvalue weighted by molar-refractivity contribution is 0.0989. The lowest BCUT2D eigenvalue weighted by Crippen LogP contribution is -2.25. The summed E-state index contributed by atoms with van der Waals surface area (Å²) in [7, 11) is 1.54. The highest BCUT2D eigenvalue weighted by atomic mass is 35.5. The third-order valence-corrected chi connectivity index (χ3v) is 5.81. The van der Waals surface area contributed by atoms with E-state index in [1.165, 1.54) is 13.2 Å². The number of ether oxygens (including phenoxy) is 1. The number of rotatable bonds is 5. The summed E-state index contributed by atoms with van der Waals surface area (Å²) in [6, 6.07) is 14.5. The molecule has 2 heterocycles. The molecule has 0 aliphatic heterocycles. The Bertz CT molecular complexity index is 1380. The maximum absolute atomic E-state index is 13.2. The number of benzene rings is 2. The summed E-state index contributed by atoms with van der Waals surface area (Å²) in [4.78, 5) is 43.5. The SMILES string of the molecule is COc1ccc(NC(=O)c2c(C(=O)Nc3ccc(Cl)cc3)sc3nc(C)cc(=O)n23)cc1. The smallest absolute Gasteiger partial charge is 0.274 e. The number of anilines is 2. The molecule has 4 rings (SSSR count). The highest BCUT2D eigenvalue weighted by molar-refractivity contribution is 7.19. The maximum atomic E-state index is 13.2. The van der Waals surface area contributed by atoms with E-state index in [-0.39, 0.29) is 15.5 Å². The fraction of sp³-hybridized carbons (Fsp3) is 0.0909. The van der Waals surface area contributed by atoms with Crippen molar-refractivity contribution in [2.24, 2.45) is 0 Å². The van der Waals surface area contributed by atoms with Crippen LogP contribution in [0, 0.1) is 6.92 Å². The monoisotopic (exact) mass is 468 g/mol. The van der Waals surface area contributed by atoms with Gasteiger partial charge in [0.25, 0.3) is 17.4 Å². The van der Waals surface area contributed by atoms with Crippen LogP contribution >= 0.6 is 22.9 Å². The zero-order valence-corrected chi connectivity index (χ0v) is 18.6. The van der Waals surface area contributed by atoms with Crippen molar-refractivity contribution in [2.75, 3.05) is 17.7 Å². The summed E-state index contributed by atoms with van der Waals surface area (Å²) < 4.78 is 6.27. The Morgan fingerprint density at radius 1 is 1.00 bits per heavy atom. The second-order valence-corrected chi connectivity index (χ2v) is 8.19. The summed E-state index contributed by atoms with van der Waals surface area (Å²) >= 11 is 6.86. The molecular weight excluding hydrogens is 452 g/mol. The fourth-order valence-corrected chi connectivity index (χ4v) is 4.23. The van der Waals surface area contributed by atoms with Crippen molar-refractivity contribution in [1.82, 2.24) is 9.38 Å². The quantitative estimate of drug-likeness (QED) is 0.456. The van der Waals surface area contributed by atoms with E-state index in [1.54, 1.807) is 55.5 Å². The highest BCUT2D eigenvalue weighted by Gasteiger charge is 2.26. The van der Waals surface area contributed by atoms with Gasteiger partial charge in [0.2, 0.25) is 0 Å². The first-order valence-corrected chi connectivity index (χ1v) is 10.6. The van der Waals surface area contributed by atoms with Gasteiger partial charge >= 0.3 is 0 Å². The molecule has 0 fully saturated rings. The average molecular weight is 469 g/mol. The van der Waals surface area contributed by atoms with E-state index in [0.717, 1.165) is 15.7 Å². The van der Waals surface area contributed by atoms with Crippen molar-refractivity contribution in [1.29, 1.82) is 0 Å². The summed E-state index contributed by atoms with van der Waals surface area (Å²) in [6.45, 7) is 1.67. The van der Waals surface area contributed by atoms with Crippen LogP contribution in [0.2, 0.25) is 5.02 Å². The number of methoxy groups -OCH3 is 1. The van der Waals surface area contributed by atoms with Crippen molar-refractivity contribution in [3.8, 4) is 5.75 Å². The van der Waals surface area contributed by atoms with Crippen LogP contribution in [0.5, 0.6) is 5.75 Å². The Balaban J connectivity index is 1.76. The lowest BCUT2D eigenvalue weighted by Gasteiger charge is -2.09. The highest BCUT2D eigenvalue weighted by Crippen LogP contribution is 2.25. The van der Waals surface area contributed by atoms with Crippen LogP contribution in [0.15, 0.2) is 59.4 Å². The number of carbonyl (C=O) groups is 2. The molecule has 0 bridgehead atoms. The zero-order valence-electron chi connectivity index (χ0n) is 17.0. The minimum atomic E-state index is -0.615. The number of aryl methyl sites for hydroxylation is 1. The zero-order chi connectivity index (χ0) is 22.8. The number of carbonyl (C=O) groups excluding carboxylic acids is 2. The molecule has 2 aromatic heterocycles. The first-order valence-electron chi connectivity index (χ1n) is 9.41. The van der Waals surface area contributed by atoms with Gasteiger partial charge in [-0.25, -0.2) is 9.38 Å². The normalized spacial score (nSPS) is 10.7. The number of hydrogen-bond donors (Lipinski definition) is 2. The number of fused-ring (bicyclic) bond motifs is 1. The molecule has 0 radical (unpaired) electrons. The average Bonchev–Trinajstić information content (AvgIpc) is 3.16. The molecule has 0 saturated heterocycles. The minimum absolute atomic E-state index is 0.0566. The van der Waals surface area contributed by atoms with Gasteiger partial charge in [0.15, 0.2) is 4.96 Å². The molecule has 8 nitrogen and oxygen atoms in total. The van der Waals surface area contributed by atoms with Gasteiger partial charge in [0, 0.05) is 28.2 Å². The topological polar surface area (TPSA) is 102 Å². The predicted molar refractivity (Wildman–Crippen MR) is 124 cm³/mol. The van der Waals surface area contributed by atoms with E-state index in [1.807, 2.05) is 0 Å². The van der Waals surface area contributed by atoms with E-state index in [2.05, 4.69) is 15.6 Å². The summed E-state index contributed by atoms with van der Waals surface area (Å²) in [6.07, 6.45) is 0. The molecule has 162 valence electrons. The van der Waals surface area contributed by atoms with Gasteiger partial charge in [-0.15, -0.1) is 0 Å². The second kappa shape index (κ2) is 8.81. The standard InChI is InChI=1S/C22H17ClN4O4S/c1-12-11-17(28)27-18(20(29)25-15-7-9-16(31-2)10-8-15)19(32-22(27)24-12)21(30)26-14-5-3-13(23)4-6-14/h3-11H,1-2H3,(H,25,29)(H,26,30). The Morgan fingerprint density at radius 3 is 2.22 bits per heavy atom. The van der Waals surface area contributed by atoms with Crippen molar-refractivity contribution >= 4 is 51.1 Å². The van der Waals surface area contributed by atoms with Gasteiger partial charge in [0.1, 0.15) is 16.3 Å². The van der Waals surface area contributed by atoms with E-state index in [9.17, 15) is 14.4 Å². The Kier molecular flexibility index (Phi) is 5.93. The third-order valence-electron chi connectivity index (χ3n) is 4.52.